The summed E-state index contributed by atoms with van der Waals surface area (Å²) in [5.41, 5.74) is -0.618. The fourth-order valence-electron chi connectivity index (χ4n) is 2.96. The zero-order valence-electron chi connectivity index (χ0n) is 11.7. The Morgan fingerprint density at radius 1 is 1.48 bits per heavy atom. The van der Waals surface area contributed by atoms with Crippen molar-refractivity contribution in [2.75, 3.05) is 6.54 Å². The molecule has 1 saturated heterocycles. The third-order valence-corrected chi connectivity index (χ3v) is 5.18. The van der Waals surface area contributed by atoms with Gasteiger partial charge in [0, 0.05) is 16.6 Å². The van der Waals surface area contributed by atoms with E-state index in [9.17, 15) is 14.7 Å². The van der Waals surface area contributed by atoms with Crippen LogP contribution in [-0.4, -0.2) is 34.0 Å². The topological polar surface area (TPSA) is 57.6 Å². The highest BCUT2D eigenvalue weighted by molar-refractivity contribution is 9.10. The first-order valence-electron chi connectivity index (χ1n) is 6.93. The summed E-state index contributed by atoms with van der Waals surface area (Å²) in [5.74, 6) is -1.16. The summed E-state index contributed by atoms with van der Waals surface area (Å²) in [7, 11) is 0. The van der Waals surface area contributed by atoms with Crippen molar-refractivity contribution in [3.8, 4) is 0 Å². The van der Waals surface area contributed by atoms with E-state index in [0.717, 1.165) is 6.42 Å². The Bertz CT molecular complexity index is 578. The number of benzene rings is 1. The average Bonchev–Trinajstić information content (AvgIpc) is 2.86. The number of halogens is 2. The molecule has 1 aromatic rings. The van der Waals surface area contributed by atoms with Gasteiger partial charge in [0.25, 0.3) is 5.91 Å². The second-order valence-electron chi connectivity index (χ2n) is 5.28. The molecule has 0 radical (unpaired) electrons. The van der Waals surface area contributed by atoms with Gasteiger partial charge in [-0.1, -0.05) is 24.9 Å². The van der Waals surface area contributed by atoms with Gasteiger partial charge >= 0.3 is 5.97 Å². The standard InChI is InChI=1S/C15H17BrClNO3/c1-2-6-15(14(20)21)7-3-8-18(15)13(19)10-4-5-12(17)11(16)9-10/h4-5,9H,2-3,6-8H2,1H3,(H,20,21). The number of nitrogens with zero attached hydrogens (tertiary/aromatic N) is 1. The van der Waals surface area contributed by atoms with Gasteiger partial charge in [-0.25, -0.2) is 4.79 Å². The summed E-state index contributed by atoms with van der Waals surface area (Å²) in [4.78, 5) is 26.0. The van der Waals surface area contributed by atoms with Crippen LogP contribution >= 0.6 is 27.5 Å². The van der Waals surface area contributed by atoms with Gasteiger partial charge < -0.3 is 10.0 Å². The maximum absolute atomic E-state index is 12.7. The highest BCUT2D eigenvalue weighted by Gasteiger charge is 2.49. The summed E-state index contributed by atoms with van der Waals surface area (Å²) < 4.78 is 0.630. The quantitative estimate of drug-likeness (QED) is 0.868. The molecule has 1 unspecified atom stereocenters. The molecule has 1 heterocycles. The van der Waals surface area contributed by atoms with Crippen molar-refractivity contribution < 1.29 is 14.7 Å². The van der Waals surface area contributed by atoms with E-state index in [1.807, 2.05) is 6.92 Å². The van der Waals surface area contributed by atoms with E-state index in [0.29, 0.717) is 40.9 Å². The Hall–Kier alpha value is -1.07. The maximum Gasteiger partial charge on any atom is 0.329 e. The van der Waals surface area contributed by atoms with Gasteiger partial charge in [0.2, 0.25) is 0 Å². The molecule has 0 aromatic heterocycles. The number of rotatable bonds is 4. The van der Waals surface area contributed by atoms with Crippen molar-refractivity contribution in [2.24, 2.45) is 0 Å². The molecule has 6 heteroatoms. The molecule has 1 aliphatic rings. The minimum absolute atomic E-state index is 0.249. The smallest absolute Gasteiger partial charge is 0.329 e. The van der Waals surface area contributed by atoms with E-state index in [2.05, 4.69) is 15.9 Å². The van der Waals surface area contributed by atoms with Crippen LogP contribution in [0.1, 0.15) is 43.0 Å². The van der Waals surface area contributed by atoms with Gasteiger partial charge in [0.1, 0.15) is 5.54 Å². The van der Waals surface area contributed by atoms with Crippen LogP contribution in [0.5, 0.6) is 0 Å². The van der Waals surface area contributed by atoms with Crippen LogP contribution in [0, 0.1) is 0 Å². The molecule has 1 N–H and O–H groups in total. The van der Waals surface area contributed by atoms with Crippen LogP contribution in [-0.2, 0) is 4.79 Å². The minimum atomic E-state index is -1.07. The van der Waals surface area contributed by atoms with Gasteiger partial charge in [-0.2, -0.15) is 0 Å². The maximum atomic E-state index is 12.7. The predicted molar refractivity (Wildman–Crippen MR) is 84.7 cm³/mol. The Kier molecular flexibility index (Phi) is 4.94. The molecule has 1 fully saturated rings. The van der Waals surface area contributed by atoms with Gasteiger partial charge in [0.15, 0.2) is 0 Å². The van der Waals surface area contributed by atoms with Crippen molar-refractivity contribution in [2.45, 2.75) is 38.1 Å². The zero-order valence-corrected chi connectivity index (χ0v) is 14.1. The number of hydrogen-bond acceptors (Lipinski definition) is 2. The van der Waals surface area contributed by atoms with E-state index in [4.69, 9.17) is 11.6 Å². The molecule has 1 aliphatic heterocycles. The average molecular weight is 375 g/mol. The number of aliphatic carboxylic acids is 1. The monoisotopic (exact) mass is 373 g/mol. The van der Waals surface area contributed by atoms with E-state index in [1.165, 1.54) is 4.90 Å². The minimum Gasteiger partial charge on any atom is -0.479 e. The second kappa shape index (κ2) is 6.36. The number of carbonyl (C=O) groups excluding carboxylic acids is 1. The van der Waals surface area contributed by atoms with Crippen LogP contribution < -0.4 is 0 Å². The van der Waals surface area contributed by atoms with Crippen molar-refractivity contribution in [1.82, 2.24) is 4.90 Å². The molecular weight excluding hydrogens is 358 g/mol. The number of carboxylic acids is 1. The van der Waals surface area contributed by atoms with E-state index in [1.54, 1.807) is 18.2 Å². The van der Waals surface area contributed by atoms with E-state index >= 15 is 0 Å². The fourth-order valence-corrected chi connectivity index (χ4v) is 3.46. The lowest BCUT2D eigenvalue weighted by molar-refractivity contribution is -0.148. The number of hydrogen-bond donors (Lipinski definition) is 1. The molecule has 1 amide bonds. The molecule has 0 aliphatic carbocycles. The largest absolute Gasteiger partial charge is 0.479 e. The van der Waals surface area contributed by atoms with Crippen LogP contribution in [0.25, 0.3) is 0 Å². The zero-order chi connectivity index (χ0) is 15.6. The second-order valence-corrected chi connectivity index (χ2v) is 6.54. The summed E-state index contributed by atoms with van der Waals surface area (Å²) >= 11 is 9.23. The molecule has 1 aromatic carbocycles. The third kappa shape index (κ3) is 2.94. The van der Waals surface area contributed by atoms with Crippen LogP contribution in [0.4, 0.5) is 0 Å². The van der Waals surface area contributed by atoms with Crippen LogP contribution in [0.2, 0.25) is 5.02 Å². The molecule has 21 heavy (non-hydrogen) atoms. The van der Waals surface area contributed by atoms with Crippen LogP contribution in [0.3, 0.4) is 0 Å². The van der Waals surface area contributed by atoms with Crippen molar-refractivity contribution >= 4 is 39.4 Å². The summed E-state index contributed by atoms with van der Waals surface area (Å²) in [6.07, 6.45) is 2.42. The Morgan fingerprint density at radius 2 is 2.19 bits per heavy atom. The normalized spacial score (nSPS) is 21.6. The molecule has 2 rings (SSSR count). The Balaban J connectivity index is 2.36. The molecule has 1 atom stereocenters. The molecule has 4 nitrogen and oxygen atoms in total. The highest BCUT2D eigenvalue weighted by atomic mass is 79.9. The first-order valence-corrected chi connectivity index (χ1v) is 8.10. The SMILES string of the molecule is CCCC1(C(=O)O)CCCN1C(=O)c1ccc(Cl)c(Br)c1. The van der Waals surface area contributed by atoms with Crippen LogP contribution in [0.15, 0.2) is 22.7 Å². The molecule has 0 bridgehead atoms. The molecule has 0 saturated carbocycles. The van der Waals surface area contributed by atoms with Crippen molar-refractivity contribution in [3.05, 3.63) is 33.3 Å². The third-order valence-electron chi connectivity index (χ3n) is 3.96. The lowest BCUT2D eigenvalue weighted by atomic mass is 9.90. The van der Waals surface area contributed by atoms with Crippen molar-refractivity contribution in [3.63, 3.8) is 0 Å². The number of carbonyl (C=O) groups is 2. The van der Waals surface area contributed by atoms with Gasteiger partial charge in [-0.3, -0.25) is 4.79 Å². The van der Waals surface area contributed by atoms with Gasteiger partial charge in [0.05, 0.1) is 5.02 Å². The van der Waals surface area contributed by atoms with Gasteiger partial charge in [-0.15, -0.1) is 0 Å². The lowest BCUT2D eigenvalue weighted by Gasteiger charge is -2.34. The van der Waals surface area contributed by atoms with Gasteiger partial charge in [-0.05, 0) is 53.4 Å². The van der Waals surface area contributed by atoms with E-state index in [-0.39, 0.29) is 5.91 Å². The molecule has 114 valence electrons. The summed E-state index contributed by atoms with van der Waals surface area (Å²) in [5, 5.41) is 10.2. The predicted octanol–water partition coefficient (Wildman–Crippen LogP) is 3.96. The number of likely N-dealkylation sites (tertiary alicyclic amines) is 1. The fraction of sp³-hybridized carbons (Fsp3) is 0.467. The number of carboxylic acid groups (broad SMARTS) is 1. The molecular formula is C15H17BrClNO3. The highest BCUT2D eigenvalue weighted by Crippen LogP contribution is 2.36. The number of amides is 1. The molecule has 0 spiro atoms. The Labute approximate surface area is 137 Å². The summed E-state index contributed by atoms with van der Waals surface area (Å²) in [6, 6.07) is 4.91. The van der Waals surface area contributed by atoms with E-state index < -0.39 is 11.5 Å². The summed E-state index contributed by atoms with van der Waals surface area (Å²) in [6.45, 7) is 2.41. The first kappa shape index (κ1) is 16.3. The lowest BCUT2D eigenvalue weighted by Crippen LogP contribution is -2.53. The first-order chi connectivity index (χ1) is 9.92. The van der Waals surface area contributed by atoms with Crippen molar-refractivity contribution in [1.29, 1.82) is 0 Å². The Morgan fingerprint density at radius 3 is 2.76 bits per heavy atom.